The van der Waals surface area contributed by atoms with Gasteiger partial charge in [0.1, 0.15) is 0 Å². The molecule has 0 aliphatic heterocycles. The zero-order chi connectivity index (χ0) is 45.7. The highest BCUT2D eigenvalue weighted by Crippen LogP contribution is 2.47. The van der Waals surface area contributed by atoms with Crippen molar-refractivity contribution in [2.24, 2.45) is 5.41 Å². The van der Waals surface area contributed by atoms with Crippen molar-refractivity contribution in [2.75, 3.05) is 112 Å². The third-order valence-corrected chi connectivity index (χ3v) is 10.4. The lowest BCUT2D eigenvalue weighted by molar-refractivity contribution is -0.142. The molecule has 0 aromatic rings. The number of carbonyl (C=O) groups excluding carboxylic acids is 3. The largest absolute Gasteiger partial charge is 0.380 e. The fourth-order valence-electron chi connectivity index (χ4n) is 5.59. The van der Waals surface area contributed by atoms with Crippen LogP contribution in [0, 0.1) is 16.7 Å². The van der Waals surface area contributed by atoms with Gasteiger partial charge in [-0.15, -0.1) is 0 Å². The molecular weight excluding hydrogens is 817 g/mol. The second-order valence-electron chi connectivity index (χ2n) is 14.2. The average molecular weight is 898 g/mol. The van der Waals surface area contributed by atoms with Crippen LogP contribution < -0.4 is 16.0 Å². The van der Waals surface area contributed by atoms with E-state index in [0.717, 1.165) is 0 Å². The van der Waals surface area contributed by atoms with Crippen molar-refractivity contribution in [3.05, 3.63) is 0 Å². The topological polar surface area (TPSA) is 216 Å². The first-order chi connectivity index (χ1) is 29.3. The number of rotatable bonds is 42. The number of hydrogen-bond donors (Lipinski definition) is 3. The summed E-state index contributed by atoms with van der Waals surface area (Å²) >= 11 is 0. The summed E-state index contributed by atoms with van der Waals surface area (Å²) in [4.78, 5) is 38.3. The van der Waals surface area contributed by atoms with E-state index in [0.29, 0.717) is 39.6 Å². The van der Waals surface area contributed by atoms with Crippen molar-refractivity contribution >= 4 is 26.2 Å². The Kier molecular flexibility index (Phi) is 37.0. The van der Waals surface area contributed by atoms with Gasteiger partial charge in [-0.05, 0) is 69.2 Å². The highest BCUT2D eigenvalue weighted by molar-refractivity contribution is 7.44. The molecule has 0 saturated heterocycles. The summed E-state index contributed by atoms with van der Waals surface area (Å²) < 4.78 is 66.5. The molecule has 1 atom stereocenters. The molecule has 0 rings (SSSR count). The van der Waals surface area contributed by atoms with Crippen LogP contribution in [0.5, 0.6) is 0 Å². The first-order valence-electron chi connectivity index (χ1n) is 21.8. The summed E-state index contributed by atoms with van der Waals surface area (Å²) in [6, 6.07) is 2.20. The number of amides is 3. The van der Waals surface area contributed by atoms with Gasteiger partial charge in [-0.2, -0.15) is 5.26 Å². The Morgan fingerprint density at radius 3 is 1.15 bits per heavy atom. The number of nitrogens with zero attached hydrogens (tertiary/aromatic N) is 2. The Bertz CT molecular complexity index is 1030. The number of carbonyl (C=O) groups is 3. The molecule has 3 amide bonds. The SMILES string of the molecule is CCOC(CNC(=O)CCOCC(COCCC(=O)NCC(OCC)OCC)(COCCC(=O)NCC(OCC)OCC)COP(OCCC#N)N(C(C)C)C(C)C)OCC. The van der Waals surface area contributed by atoms with Gasteiger partial charge in [0.05, 0.1) is 90.4 Å². The van der Waals surface area contributed by atoms with Crippen molar-refractivity contribution < 1.29 is 66.1 Å². The van der Waals surface area contributed by atoms with Crippen molar-refractivity contribution in [3.63, 3.8) is 0 Å². The number of hydrogen-bond acceptors (Lipinski definition) is 16. The lowest BCUT2D eigenvalue weighted by atomic mass is 9.92. The molecule has 0 aliphatic rings. The first-order valence-corrected chi connectivity index (χ1v) is 22.9. The smallest absolute Gasteiger partial charge is 0.259 e. The number of ether oxygens (including phenoxy) is 9. The average Bonchev–Trinajstić information content (AvgIpc) is 3.22. The van der Waals surface area contributed by atoms with Gasteiger partial charge in [0.25, 0.3) is 8.53 Å². The molecule has 3 N–H and O–H groups in total. The molecule has 0 fully saturated rings. The van der Waals surface area contributed by atoms with Crippen LogP contribution in [-0.4, -0.2) is 165 Å². The lowest BCUT2D eigenvalue weighted by Gasteiger charge is -2.39. The highest BCUT2D eigenvalue weighted by atomic mass is 31.2. The summed E-state index contributed by atoms with van der Waals surface area (Å²) in [5, 5.41) is 17.7. The van der Waals surface area contributed by atoms with Gasteiger partial charge in [0.15, 0.2) is 18.9 Å². The van der Waals surface area contributed by atoms with E-state index in [1.165, 1.54) is 0 Å². The fourth-order valence-corrected chi connectivity index (χ4v) is 7.31. The second kappa shape index (κ2) is 38.3. The highest BCUT2D eigenvalue weighted by Gasteiger charge is 2.37. The van der Waals surface area contributed by atoms with E-state index in [2.05, 4.69) is 26.7 Å². The van der Waals surface area contributed by atoms with E-state index >= 15 is 0 Å². The Labute approximate surface area is 367 Å². The summed E-state index contributed by atoms with van der Waals surface area (Å²) in [5.74, 6) is -0.746. The Hall–Kier alpha value is -2.15. The lowest BCUT2D eigenvalue weighted by Crippen LogP contribution is -2.43. The van der Waals surface area contributed by atoms with Crippen LogP contribution in [0.25, 0.3) is 0 Å². The third kappa shape index (κ3) is 29.8. The molecule has 0 aromatic heterocycles. The van der Waals surface area contributed by atoms with E-state index in [1.54, 1.807) is 0 Å². The molecule has 61 heavy (non-hydrogen) atoms. The zero-order valence-electron chi connectivity index (χ0n) is 38.8. The second-order valence-corrected chi connectivity index (χ2v) is 15.6. The molecule has 0 spiro atoms. The molecule has 0 heterocycles. The van der Waals surface area contributed by atoms with Crippen molar-refractivity contribution in [3.8, 4) is 6.07 Å². The molecule has 358 valence electrons. The summed E-state index contributed by atoms with van der Waals surface area (Å²) in [5.41, 5.74) is -0.999. The maximum atomic E-state index is 12.8. The maximum Gasteiger partial charge on any atom is 0.259 e. The molecule has 0 saturated carbocycles. The van der Waals surface area contributed by atoms with E-state index in [1.807, 2.05) is 69.2 Å². The van der Waals surface area contributed by atoms with Gasteiger partial charge in [0.2, 0.25) is 17.7 Å². The first kappa shape index (κ1) is 58.9. The molecule has 0 radical (unpaired) electrons. The molecule has 0 aromatic carbocycles. The van der Waals surface area contributed by atoms with Crippen LogP contribution in [0.1, 0.15) is 94.9 Å². The number of nitrogens with one attached hydrogen (secondary N) is 3. The molecule has 0 bridgehead atoms. The van der Waals surface area contributed by atoms with E-state index in [-0.39, 0.29) is 128 Å². The zero-order valence-corrected chi connectivity index (χ0v) is 39.7. The molecule has 0 aliphatic carbocycles. The molecular formula is C41H80N5O14P. The Balaban J connectivity index is 6.23. The monoisotopic (exact) mass is 898 g/mol. The minimum atomic E-state index is -1.67. The molecule has 19 nitrogen and oxygen atoms in total. The minimum Gasteiger partial charge on any atom is -0.380 e. The summed E-state index contributed by atoms with van der Waals surface area (Å²) in [6.07, 6.45) is -1.34. The Morgan fingerprint density at radius 1 is 0.541 bits per heavy atom. The van der Waals surface area contributed by atoms with Crippen molar-refractivity contribution in [1.29, 1.82) is 5.26 Å². The van der Waals surface area contributed by atoms with Crippen LogP contribution in [0.2, 0.25) is 0 Å². The normalized spacial score (nSPS) is 12.6. The predicted octanol–water partition coefficient (Wildman–Crippen LogP) is 4.03. The van der Waals surface area contributed by atoms with E-state index < -0.39 is 32.8 Å². The summed E-state index contributed by atoms with van der Waals surface area (Å²) in [7, 11) is -1.67. The van der Waals surface area contributed by atoms with Crippen LogP contribution >= 0.6 is 8.53 Å². The maximum absolute atomic E-state index is 12.8. The fraction of sp³-hybridized carbons (Fsp3) is 0.902. The van der Waals surface area contributed by atoms with Crippen LogP contribution in [-0.2, 0) is 66.1 Å². The van der Waals surface area contributed by atoms with Gasteiger partial charge in [-0.25, -0.2) is 4.67 Å². The summed E-state index contributed by atoms with van der Waals surface area (Å²) in [6.45, 7) is 22.9. The Morgan fingerprint density at radius 2 is 0.869 bits per heavy atom. The van der Waals surface area contributed by atoms with Crippen LogP contribution in [0.4, 0.5) is 0 Å². The van der Waals surface area contributed by atoms with Gasteiger partial charge in [-0.3, -0.25) is 14.4 Å². The van der Waals surface area contributed by atoms with Crippen molar-refractivity contribution in [2.45, 2.75) is 126 Å². The van der Waals surface area contributed by atoms with Gasteiger partial charge in [-0.1, -0.05) is 0 Å². The van der Waals surface area contributed by atoms with Gasteiger partial charge < -0.3 is 67.6 Å². The van der Waals surface area contributed by atoms with Crippen molar-refractivity contribution in [1.82, 2.24) is 20.6 Å². The van der Waals surface area contributed by atoms with Gasteiger partial charge >= 0.3 is 0 Å². The van der Waals surface area contributed by atoms with Crippen LogP contribution in [0.3, 0.4) is 0 Å². The standard InChI is InChI=1S/C41H80N5O14P/c1-11-53-38(54-12-2)26-43-35(47)18-23-50-29-41(30-51-24-19-36(48)44-27-39(55-13-3)56-14-4,31-52-25-20-37(49)45-28-40(57-15-5)58-16-6)32-60-61(59-22-17-21-42)46(33(7)8)34(9)10/h33-34,38-40H,11-20,22-32H2,1-10H3,(H,43,47)(H,44,48)(H,45,49). The predicted molar refractivity (Wildman–Crippen MR) is 230 cm³/mol. The third-order valence-electron chi connectivity index (χ3n) is 8.30. The quantitative estimate of drug-likeness (QED) is 0.0448. The van der Waals surface area contributed by atoms with Gasteiger partial charge in [0, 0.05) is 71.0 Å². The van der Waals surface area contributed by atoms with E-state index in [4.69, 9.17) is 51.7 Å². The molecule has 20 heteroatoms. The van der Waals surface area contributed by atoms with E-state index in [9.17, 15) is 19.6 Å². The van der Waals surface area contributed by atoms with Crippen LogP contribution in [0.15, 0.2) is 0 Å². The molecule has 1 unspecified atom stereocenters. The number of nitriles is 1. The minimum absolute atomic E-state index is 0.0188.